The average molecular weight is 538 g/mol. The fourth-order valence-electron chi connectivity index (χ4n) is 6.31. The number of anilines is 2. The highest BCUT2D eigenvalue weighted by Crippen LogP contribution is 2.34. The van der Waals surface area contributed by atoms with Crippen molar-refractivity contribution in [2.45, 2.75) is 44.9 Å². The number of hydrogen-bond donors (Lipinski definition) is 2. The third-order valence-corrected chi connectivity index (χ3v) is 8.27. The van der Waals surface area contributed by atoms with Crippen LogP contribution >= 0.6 is 0 Å². The molecule has 0 aromatic heterocycles. The normalized spacial score (nSPS) is 15.9. The molecule has 41 heavy (non-hydrogen) atoms. The largest absolute Gasteiger partial charge is 0.399 e. The van der Waals surface area contributed by atoms with Crippen LogP contribution in [0, 0.1) is 10.4 Å². The molecule has 4 aromatic rings. The number of nitrogens with two attached hydrogens (primary N) is 1. The Labute approximate surface area is 241 Å². The minimum absolute atomic E-state index is 0.145. The zero-order valence-corrected chi connectivity index (χ0v) is 23.4. The highest BCUT2D eigenvalue weighted by atomic mass is 16.1. The first-order chi connectivity index (χ1) is 20.1. The van der Waals surface area contributed by atoms with Gasteiger partial charge in [-0.25, -0.2) is 0 Å². The molecule has 4 heteroatoms. The first kappa shape index (κ1) is 26.5. The van der Waals surface area contributed by atoms with Crippen molar-refractivity contribution in [3.05, 3.63) is 140 Å². The van der Waals surface area contributed by atoms with Crippen LogP contribution in [0.2, 0.25) is 0 Å². The number of benzene rings is 4. The van der Waals surface area contributed by atoms with Gasteiger partial charge in [0.25, 0.3) is 0 Å². The molecule has 0 saturated carbocycles. The Balaban J connectivity index is 0.000000229. The van der Waals surface area contributed by atoms with Gasteiger partial charge in [-0.15, -0.1) is 0 Å². The van der Waals surface area contributed by atoms with Crippen LogP contribution in [0.1, 0.15) is 65.6 Å². The fraction of sp³-hybridized carbons (Fsp3) is 0.189. The smallest absolute Gasteiger partial charge is 0.189 e. The van der Waals surface area contributed by atoms with Gasteiger partial charge in [-0.05, 0) is 93.9 Å². The van der Waals surface area contributed by atoms with Gasteiger partial charge in [0.1, 0.15) is 0 Å². The Kier molecular flexibility index (Phi) is 7.64. The first-order valence-electron chi connectivity index (χ1n) is 14.5. The molecular weight excluding hydrogens is 502 g/mol. The first-order valence-corrected chi connectivity index (χ1v) is 14.5. The van der Waals surface area contributed by atoms with E-state index >= 15 is 0 Å². The number of fused-ring (bicyclic) bond motifs is 5. The van der Waals surface area contributed by atoms with Crippen LogP contribution in [0.4, 0.5) is 11.4 Å². The number of nitrogens with one attached hydrogen (secondary N) is 1. The van der Waals surface area contributed by atoms with Crippen LogP contribution < -0.4 is 21.5 Å². The van der Waals surface area contributed by atoms with Crippen molar-refractivity contribution in [3.63, 3.8) is 0 Å². The molecule has 0 radical (unpaired) electrons. The summed E-state index contributed by atoms with van der Waals surface area (Å²) in [5.74, 6) is 0.674. The molecular formula is C37H35N3O. The monoisotopic (exact) mass is 537 g/mol. The number of para-hydroxylation sites is 1. The molecule has 0 saturated heterocycles. The molecule has 3 N–H and O–H groups in total. The van der Waals surface area contributed by atoms with Gasteiger partial charge >= 0.3 is 0 Å². The summed E-state index contributed by atoms with van der Waals surface area (Å²) < 4.78 is 0. The summed E-state index contributed by atoms with van der Waals surface area (Å²) in [5, 5.41) is 8.26. The summed E-state index contributed by atoms with van der Waals surface area (Å²) in [4.78, 5) is 17.5. The molecule has 1 aliphatic heterocycles. The highest BCUT2D eigenvalue weighted by Gasteiger charge is 2.26. The van der Waals surface area contributed by atoms with Gasteiger partial charge in [0.2, 0.25) is 0 Å². The molecule has 4 aromatic carbocycles. The van der Waals surface area contributed by atoms with E-state index in [4.69, 9.17) is 5.73 Å². The third-order valence-electron chi connectivity index (χ3n) is 8.27. The Morgan fingerprint density at radius 1 is 0.927 bits per heavy atom. The predicted octanol–water partition coefficient (Wildman–Crippen LogP) is 6.61. The molecule has 0 bridgehead atoms. The molecule has 1 atom stereocenters. The number of carbonyl (C=O) groups is 1. The molecule has 4 nitrogen and oxygen atoms in total. The number of aliphatic imine (C=N–C) groups is 1. The van der Waals surface area contributed by atoms with Crippen molar-refractivity contribution in [1.82, 2.24) is 0 Å². The van der Waals surface area contributed by atoms with E-state index in [2.05, 4.69) is 59.7 Å². The van der Waals surface area contributed by atoms with E-state index in [0.29, 0.717) is 11.6 Å². The van der Waals surface area contributed by atoms with Crippen LogP contribution in [0.25, 0.3) is 11.6 Å². The van der Waals surface area contributed by atoms with Crippen LogP contribution in [-0.2, 0) is 6.42 Å². The summed E-state index contributed by atoms with van der Waals surface area (Å²) in [5.41, 5.74) is 13.3. The van der Waals surface area contributed by atoms with Crippen molar-refractivity contribution in [3.8, 4) is 0 Å². The lowest BCUT2D eigenvalue weighted by Gasteiger charge is -2.27. The maximum atomic E-state index is 13.4. The van der Waals surface area contributed by atoms with E-state index in [0.717, 1.165) is 48.1 Å². The van der Waals surface area contributed by atoms with Gasteiger partial charge in [0.05, 0.1) is 0 Å². The van der Waals surface area contributed by atoms with Gasteiger partial charge < -0.3 is 11.1 Å². The quantitative estimate of drug-likeness (QED) is 0.228. The van der Waals surface area contributed by atoms with Crippen molar-refractivity contribution >= 4 is 35.0 Å². The van der Waals surface area contributed by atoms with E-state index in [1.54, 1.807) is 6.20 Å². The molecule has 3 aliphatic rings. The number of hydrogen-bond acceptors (Lipinski definition) is 4. The molecule has 0 spiro atoms. The molecule has 7 rings (SSSR count). The summed E-state index contributed by atoms with van der Waals surface area (Å²) in [6.07, 6.45) is 12.9. The standard InChI is InChI=1S/C28H27NO.C9H8N2/c1-2-5-19-11-15-26(28(30)20-8-12-21(29)13-9-20)25-17-16-23-22-7-4-3-6-18(22)10-14-24(23)27(19)25;1-2-4-9-8(3-1)7-10-5-6-11-9/h3-4,6-10,12-13,16-17,19H,2,5,11,14-15,29H2,1H3;1-7,11H. The van der Waals surface area contributed by atoms with Crippen LogP contribution in [0.5, 0.6) is 0 Å². The zero-order valence-electron chi connectivity index (χ0n) is 23.4. The molecule has 2 aliphatic carbocycles. The van der Waals surface area contributed by atoms with Gasteiger partial charge in [0, 0.05) is 46.7 Å². The second-order valence-electron chi connectivity index (χ2n) is 10.8. The Bertz CT molecular complexity index is 1880. The van der Waals surface area contributed by atoms with E-state index in [-0.39, 0.29) is 5.78 Å². The molecule has 0 fully saturated rings. The summed E-state index contributed by atoms with van der Waals surface area (Å²) >= 11 is 0. The lowest BCUT2D eigenvalue weighted by atomic mass is 9.76. The molecule has 204 valence electrons. The number of nitrogen functional groups attached to an aromatic ring is 1. The van der Waals surface area contributed by atoms with Crippen LogP contribution in [-0.4, -0.2) is 12.0 Å². The Morgan fingerprint density at radius 2 is 1.71 bits per heavy atom. The van der Waals surface area contributed by atoms with Crippen molar-refractivity contribution in [2.75, 3.05) is 11.1 Å². The van der Waals surface area contributed by atoms with E-state index in [1.165, 1.54) is 38.4 Å². The van der Waals surface area contributed by atoms with Gasteiger partial charge in [-0.1, -0.05) is 74.0 Å². The zero-order chi connectivity index (χ0) is 28.2. The van der Waals surface area contributed by atoms with Crippen molar-refractivity contribution in [1.29, 1.82) is 0 Å². The van der Waals surface area contributed by atoms with Crippen LogP contribution in [0.3, 0.4) is 0 Å². The van der Waals surface area contributed by atoms with Crippen molar-refractivity contribution in [2.24, 2.45) is 4.99 Å². The minimum Gasteiger partial charge on any atom is -0.399 e. The fourth-order valence-corrected chi connectivity index (χ4v) is 6.31. The Hall–Kier alpha value is -4.70. The van der Waals surface area contributed by atoms with E-state index < -0.39 is 0 Å². The minimum atomic E-state index is 0.145. The SMILES string of the molecule is C1=CNc2ccccc2C=N1.CCCC1CCC(C(=O)c2ccc(N)cc2)=c2ccc3c(c21)CC=c1ccccc1=3. The van der Waals surface area contributed by atoms with Crippen molar-refractivity contribution < 1.29 is 4.79 Å². The molecule has 1 unspecified atom stereocenters. The maximum absolute atomic E-state index is 13.4. The maximum Gasteiger partial charge on any atom is 0.189 e. The second-order valence-corrected chi connectivity index (χ2v) is 10.8. The third kappa shape index (κ3) is 5.38. The second kappa shape index (κ2) is 11.8. The van der Waals surface area contributed by atoms with Gasteiger partial charge in [-0.3, -0.25) is 9.79 Å². The number of nitrogens with zero attached hydrogens (tertiary/aromatic N) is 1. The highest BCUT2D eigenvalue weighted by molar-refractivity contribution is 6.24. The number of Topliss-reactive ketones (excluding diaryl/α,β-unsaturated/α-hetero) is 1. The summed E-state index contributed by atoms with van der Waals surface area (Å²) in [7, 11) is 0. The number of ketones is 1. The number of rotatable bonds is 4. The average Bonchev–Trinajstić information content (AvgIpc) is 3.27. The summed E-state index contributed by atoms with van der Waals surface area (Å²) in [6, 6.07) is 28.5. The van der Waals surface area contributed by atoms with Gasteiger partial charge in [-0.2, -0.15) is 0 Å². The predicted molar refractivity (Wildman–Crippen MR) is 170 cm³/mol. The lowest BCUT2D eigenvalue weighted by molar-refractivity contribution is 0.105. The van der Waals surface area contributed by atoms with Gasteiger partial charge in [0.15, 0.2) is 5.78 Å². The number of carbonyl (C=O) groups excluding carboxylic acids is 1. The molecule has 1 heterocycles. The topological polar surface area (TPSA) is 67.5 Å². The van der Waals surface area contributed by atoms with Crippen LogP contribution in [0.15, 0.2) is 102 Å². The lowest BCUT2D eigenvalue weighted by Crippen LogP contribution is -2.28. The molecule has 0 amide bonds. The van der Waals surface area contributed by atoms with E-state index in [9.17, 15) is 4.79 Å². The van der Waals surface area contributed by atoms with E-state index in [1.807, 2.05) is 60.9 Å². The summed E-state index contributed by atoms with van der Waals surface area (Å²) in [6.45, 7) is 2.26. The Morgan fingerprint density at radius 3 is 2.56 bits per heavy atom.